The Kier molecular flexibility index (Phi) is 4.78. The Morgan fingerprint density at radius 1 is 1.30 bits per heavy atom. The minimum atomic E-state index is -1.05. The van der Waals surface area contributed by atoms with Crippen molar-refractivity contribution in [3.8, 4) is 11.8 Å². The summed E-state index contributed by atoms with van der Waals surface area (Å²) < 4.78 is 0. The third-order valence-electron chi connectivity index (χ3n) is 3.38. The van der Waals surface area contributed by atoms with Gasteiger partial charge >= 0.3 is 5.97 Å². The molecular weight excluding hydrogens is 254 g/mol. The van der Waals surface area contributed by atoms with Crippen molar-refractivity contribution in [2.75, 3.05) is 0 Å². The lowest BCUT2D eigenvalue weighted by Crippen LogP contribution is -2.41. The van der Waals surface area contributed by atoms with Gasteiger partial charge in [0.15, 0.2) is 0 Å². The molecule has 1 aliphatic rings. The van der Waals surface area contributed by atoms with Crippen LogP contribution in [0.5, 0.6) is 0 Å². The zero-order valence-electron chi connectivity index (χ0n) is 11.1. The first kappa shape index (κ1) is 14.1. The lowest BCUT2D eigenvalue weighted by Gasteiger charge is -2.18. The van der Waals surface area contributed by atoms with Crippen molar-refractivity contribution in [1.82, 2.24) is 5.32 Å². The molecule has 1 amide bonds. The summed E-state index contributed by atoms with van der Waals surface area (Å²) in [7, 11) is 0. The van der Waals surface area contributed by atoms with Crippen LogP contribution >= 0.6 is 0 Å². The van der Waals surface area contributed by atoms with Gasteiger partial charge in [0.1, 0.15) is 6.04 Å². The minimum absolute atomic E-state index is 0.257. The molecule has 4 nitrogen and oxygen atoms in total. The largest absolute Gasteiger partial charge is 0.480 e. The SMILES string of the molecule is O=C(C#CC1CCC1)NC(Cc1ccccc1)C(=O)O. The third kappa shape index (κ3) is 4.13. The zero-order chi connectivity index (χ0) is 14.4. The van der Waals surface area contributed by atoms with Gasteiger partial charge < -0.3 is 10.4 Å². The van der Waals surface area contributed by atoms with Crippen molar-refractivity contribution in [3.05, 3.63) is 35.9 Å². The van der Waals surface area contributed by atoms with Crippen molar-refractivity contribution in [1.29, 1.82) is 0 Å². The number of carbonyl (C=O) groups is 2. The highest BCUT2D eigenvalue weighted by Crippen LogP contribution is 2.24. The van der Waals surface area contributed by atoms with Crippen molar-refractivity contribution in [2.24, 2.45) is 5.92 Å². The fourth-order valence-corrected chi connectivity index (χ4v) is 1.96. The number of hydrogen-bond acceptors (Lipinski definition) is 2. The minimum Gasteiger partial charge on any atom is -0.480 e. The normalized spacial score (nSPS) is 15.4. The van der Waals surface area contributed by atoms with E-state index in [9.17, 15) is 9.59 Å². The van der Waals surface area contributed by atoms with Gasteiger partial charge in [-0.25, -0.2) is 4.79 Å². The molecule has 1 aromatic carbocycles. The van der Waals surface area contributed by atoms with E-state index >= 15 is 0 Å². The van der Waals surface area contributed by atoms with Crippen LogP contribution in [0, 0.1) is 17.8 Å². The first-order valence-electron chi connectivity index (χ1n) is 6.74. The summed E-state index contributed by atoms with van der Waals surface area (Å²) in [6.45, 7) is 0. The Balaban J connectivity index is 1.92. The first-order chi connectivity index (χ1) is 9.65. The van der Waals surface area contributed by atoms with Gasteiger partial charge in [-0.15, -0.1) is 0 Å². The number of aliphatic carboxylic acids is 1. The Labute approximate surface area is 118 Å². The van der Waals surface area contributed by atoms with Gasteiger partial charge in [0.05, 0.1) is 0 Å². The monoisotopic (exact) mass is 271 g/mol. The van der Waals surface area contributed by atoms with Crippen LogP contribution in [0.25, 0.3) is 0 Å². The topological polar surface area (TPSA) is 66.4 Å². The van der Waals surface area contributed by atoms with E-state index in [0.717, 1.165) is 24.8 Å². The molecule has 0 aromatic heterocycles. The second kappa shape index (κ2) is 6.76. The molecule has 1 atom stereocenters. The Morgan fingerprint density at radius 2 is 2.00 bits per heavy atom. The number of benzene rings is 1. The smallest absolute Gasteiger partial charge is 0.326 e. The number of amides is 1. The molecular formula is C16H17NO3. The van der Waals surface area contributed by atoms with E-state index in [0.29, 0.717) is 5.92 Å². The van der Waals surface area contributed by atoms with E-state index in [2.05, 4.69) is 17.2 Å². The van der Waals surface area contributed by atoms with Gasteiger partial charge in [0.2, 0.25) is 0 Å². The predicted octanol–water partition coefficient (Wildman–Crippen LogP) is 1.60. The summed E-state index contributed by atoms with van der Waals surface area (Å²) in [6.07, 6.45) is 3.49. The maximum Gasteiger partial charge on any atom is 0.326 e. The average molecular weight is 271 g/mol. The van der Waals surface area contributed by atoms with Crippen LogP contribution in [0.1, 0.15) is 24.8 Å². The second-order valence-electron chi connectivity index (χ2n) is 4.95. The third-order valence-corrected chi connectivity index (χ3v) is 3.38. The molecule has 0 radical (unpaired) electrons. The van der Waals surface area contributed by atoms with Gasteiger partial charge in [-0.2, -0.15) is 0 Å². The first-order valence-corrected chi connectivity index (χ1v) is 6.74. The molecule has 1 aliphatic carbocycles. The van der Waals surface area contributed by atoms with Crippen LogP contribution in [-0.4, -0.2) is 23.0 Å². The molecule has 1 fully saturated rings. The van der Waals surface area contributed by atoms with Crippen molar-refractivity contribution >= 4 is 11.9 Å². The van der Waals surface area contributed by atoms with Gasteiger partial charge in [-0.1, -0.05) is 42.7 Å². The van der Waals surface area contributed by atoms with E-state index < -0.39 is 17.9 Å². The lowest BCUT2D eigenvalue weighted by molar-refractivity contribution is -0.141. The van der Waals surface area contributed by atoms with Crippen LogP contribution < -0.4 is 5.32 Å². The van der Waals surface area contributed by atoms with Gasteiger partial charge in [0.25, 0.3) is 5.91 Å². The lowest BCUT2D eigenvalue weighted by atomic mass is 9.86. The highest BCUT2D eigenvalue weighted by molar-refractivity contribution is 5.96. The van der Waals surface area contributed by atoms with E-state index in [1.165, 1.54) is 0 Å². The molecule has 0 heterocycles. The van der Waals surface area contributed by atoms with Crippen LogP contribution in [0.4, 0.5) is 0 Å². The fraction of sp³-hybridized carbons (Fsp3) is 0.375. The Hall–Kier alpha value is -2.28. The van der Waals surface area contributed by atoms with Crippen LogP contribution in [0.2, 0.25) is 0 Å². The molecule has 2 N–H and O–H groups in total. The van der Waals surface area contributed by atoms with Crippen molar-refractivity contribution < 1.29 is 14.7 Å². The maximum absolute atomic E-state index is 11.6. The maximum atomic E-state index is 11.6. The van der Waals surface area contributed by atoms with Gasteiger partial charge in [-0.05, 0) is 24.3 Å². The number of nitrogens with one attached hydrogen (secondary N) is 1. The molecule has 20 heavy (non-hydrogen) atoms. The van der Waals surface area contributed by atoms with E-state index in [1.54, 1.807) is 0 Å². The predicted molar refractivity (Wildman–Crippen MR) is 74.8 cm³/mol. The number of carboxylic acid groups (broad SMARTS) is 1. The Bertz CT molecular complexity index is 538. The molecule has 0 bridgehead atoms. The summed E-state index contributed by atoms with van der Waals surface area (Å²) in [5, 5.41) is 11.6. The summed E-state index contributed by atoms with van der Waals surface area (Å²) in [5.74, 6) is 4.11. The molecule has 4 heteroatoms. The molecule has 0 spiro atoms. The molecule has 1 saturated carbocycles. The number of carboxylic acids is 1. The van der Waals surface area contributed by atoms with E-state index in [-0.39, 0.29) is 6.42 Å². The average Bonchev–Trinajstić information content (AvgIpc) is 2.37. The summed E-state index contributed by atoms with van der Waals surface area (Å²) >= 11 is 0. The molecule has 1 aromatic rings. The van der Waals surface area contributed by atoms with Crippen LogP contribution in [-0.2, 0) is 16.0 Å². The van der Waals surface area contributed by atoms with Crippen molar-refractivity contribution in [2.45, 2.75) is 31.7 Å². The second-order valence-corrected chi connectivity index (χ2v) is 4.95. The van der Waals surface area contributed by atoms with Crippen LogP contribution in [0.3, 0.4) is 0 Å². The molecule has 2 rings (SSSR count). The number of rotatable bonds is 4. The summed E-state index contributed by atoms with van der Waals surface area (Å²) in [5.41, 5.74) is 0.868. The summed E-state index contributed by atoms with van der Waals surface area (Å²) in [6, 6.07) is 8.27. The van der Waals surface area contributed by atoms with Gasteiger partial charge in [0, 0.05) is 12.3 Å². The molecule has 0 saturated heterocycles. The van der Waals surface area contributed by atoms with Crippen molar-refractivity contribution in [3.63, 3.8) is 0 Å². The Morgan fingerprint density at radius 3 is 2.55 bits per heavy atom. The van der Waals surface area contributed by atoms with Gasteiger partial charge in [-0.3, -0.25) is 4.79 Å². The number of carbonyl (C=O) groups excluding carboxylic acids is 1. The fourth-order valence-electron chi connectivity index (χ4n) is 1.96. The summed E-state index contributed by atoms with van der Waals surface area (Å²) in [4.78, 5) is 22.8. The standard InChI is InChI=1S/C16H17NO3/c18-15(10-9-12-7-4-8-12)17-14(16(19)20)11-13-5-2-1-3-6-13/h1-3,5-6,12,14H,4,7-8,11H2,(H,17,18)(H,19,20). The zero-order valence-corrected chi connectivity index (χ0v) is 11.1. The quantitative estimate of drug-likeness (QED) is 0.817. The highest BCUT2D eigenvalue weighted by Gasteiger charge is 2.20. The molecule has 1 unspecified atom stereocenters. The number of hydrogen-bond donors (Lipinski definition) is 2. The molecule has 0 aliphatic heterocycles. The van der Waals surface area contributed by atoms with E-state index in [1.807, 2.05) is 30.3 Å². The van der Waals surface area contributed by atoms with Crippen LogP contribution in [0.15, 0.2) is 30.3 Å². The van der Waals surface area contributed by atoms with E-state index in [4.69, 9.17) is 5.11 Å². The molecule has 104 valence electrons. The highest BCUT2D eigenvalue weighted by atomic mass is 16.4.